The van der Waals surface area contributed by atoms with Gasteiger partial charge in [0.15, 0.2) is 11.3 Å². The number of fused-ring (bicyclic) bond motifs is 1. The summed E-state index contributed by atoms with van der Waals surface area (Å²) in [4.78, 5) is 20.4. The number of benzene rings is 1. The molecule has 1 N–H and O–H groups in total. The second-order valence-corrected chi connectivity index (χ2v) is 5.81. The lowest BCUT2D eigenvalue weighted by Gasteiger charge is -2.03. The van der Waals surface area contributed by atoms with Crippen molar-refractivity contribution in [3.8, 4) is 0 Å². The summed E-state index contributed by atoms with van der Waals surface area (Å²) in [7, 11) is 0. The molecule has 3 heterocycles. The number of anilines is 1. The van der Waals surface area contributed by atoms with Crippen LogP contribution in [0.1, 0.15) is 16.1 Å². The zero-order valence-electron chi connectivity index (χ0n) is 13.2. The molecule has 1 aromatic carbocycles. The quantitative estimate of drug-likeness (QED) is 0.595. The van der Waals surface area contributed by atoms with Crippen LogP contribution >= 0.6 is 11.6 Å². The first kappa shape index (κ1) is 16.2. The molecule has 26 heavy (non-hydrogen) atoms. The van der Waals surface area contributed by atoms with E-state index in [1.54, 1.807) is 30.6 Å². The van der Waals surface area contributed by atoms with Gasteiger partial charge in [-0.15, -0.1) is 5.10 Å². The molecule has 0 aliphatic rings. The van der Waals surface area contributed by atoms with E-state index in [0.717, 1.165) is 0 Å². The van der Waals surface area contributed by atoms with Crippen LogP contribution in [0.15, 0.2) is 49.1 Å². The smallest absolute Gasteiger partial charge is 0.278 e. The van der Waals surface area contributed by atoms with Gasteiger partial charge in [0.2, 0.25) is 5.95 Å². The summed E-state index contributed by atoms with van der Waals surface area (Å²) in [6.07, 6.45) is 4.75. The van der Waals surface area contributed by atoms with Crippen molar-refractivity contribution in [1.82, 2.24) is 29.4 Å². The summed E-state index contributed by atoms with van der Waals surface area (Å²) >= 11 is 6.00. The van der Waals surface area contributed by atoms with E-state index >= 15 is 0 Å². The Kier molecular flexibility index (Phi) is 4.05. The van der Waals surface area contributed by atoms with Gasteiger partial charge in [0.1, 0.15) is 12.1 Å². The minimum Gasteiger partial charge on any atom is -0.288 e. The molecule has 0 spiro atoms. The molecule has 4 aromatic rings. The maximum atomic E-state index is 13.1. The van der Waals surface area contributed by atoms with Crippen molar-refractivity contribution < 1.29 is 9.18 Å². The van der Waals surface area contributed by atoms with Gasteiger partial charge in [0, 0.05) is 23.5 Å². The number of halogens is 2. The van der Waals surface area contributed by atoms with Crippen molar-refractivity contribution in [2.24, 2.45) is 0 Å². The first-order valence-electron chi connectivity index (χ1n) is 7.53. The van der Waals surface area contributed by atoms with Gasteiger partial charge in [-0.05, 0) is 23.8 Å². The number of aromatic nitrogens is 6. The third kappa shape index (κ3) is 3.24. The molecule has 0 bridgehead atoms. The summed E-state index contributed by atoms with van der Waals surface area (Å²) in [5, 5.41) is 11.2. The Balaban J connectivity index is 1.48. The molecule has 0 aliphatic heterocycles. The van der Waals surface area contributed by atoms with E-state index in [1.807, 2.05) is 0 Å². The van der Waals surface area contributed by atoms with Gasteiger partial charge in [-0.2, -0.15) is 5.10 Å². The highest BCUT2D eigenvalue weighted by atomic mass is 35.5. The lowest BCUT2D eigenvalue weighted by atomic mass is 10.2. The Morgan fingerprint density at radius 2 is 2.12 bits per heavy atom. The van der Waals surface area contributed by atoms with Crippen LogP contribution in [0.4, 0.5) is 10.3 Å². The summed E-state index contributed by atoms with van der Waals surface area (Å²) < 4.78 is 16.1. The van der Waals surface area contributed by atoms with Gasteiger partial charge in [-0.3, -0.25) is 10.1 Å². The number of carbonyl (C=O) groups excluding carboxylic acids is 1. The van der Waals surface area contributed by atoms with E-state index in [-0.39, 0.29) is 11.6 Å². The maximum Gasteiger partial charge on any atom is 0.278 e. The lowest BCUT2D eigenvalue weighted by Crippen LogP contribution is -2.14. The summed E-state index contributed by atoms with van der Waals surface area (Å²) in [6.45, 7) is 0.292. The second kappa shape index (κ2) is 6.52. The molecule has 8 nitrogen and oxygen atoms in total. The Bertz CT molecular complexity index is 1070. The SMILES string of the molecule is O=C(Nc1ncn(Cc2ccc(F)cc2Cl)n1)c1cc2ncccn2n1. The van der Waals surface area contributed by atoms with Crippen LogP contribution in [0.3, 0.4) is 0 Å². The highest BCUT2D eigenvalue weighted by Gasteiger charge is 2.14. The minimum absolute atomic E-state index is 0.123. The maximum absolute atomic E-state index is 13.1. The molecule has 130 valence electrons. The fraction of sp³-hybridized carbons (Fsp3) is 0.0625. The fourth-order valence-corrected chi connectivity index (χ4v) is 2.59. The van der Waals surface area contributed by atoms with E-state index in [9.17, 15) is 9.18 Å². The third-order valence-electron chi connectivity index (χ3n) is 3.58. The molecule has 4 rings (SSSR count). The van der Waals surface area contributed by atoms with Gasteiger partial charge in [0.05, 0.1) is 6.54 Å². The summed E-state index contributed by atoms with van der Waals surface area (Å²) in [5.74, 6) is -0.737. The molecule has 1 amide bonds. The second-order valence-electron chi connectivity index (χ2n) is 5.41. The summed E-state index contributed by atoms with van der Waals surface area (Å²) in [6, 6.07) is 7.39. The number of nitrogens with zero attached hydrogens (tertiary/aromatic N) is 6. The largest absolute Gasteiger partial charge is 0.288 e. The first-order chi connectivity index (χ1) is 12.6. The van der Waals surface area contributed by atoms with Crippen LogP contribution in [0.5, 0.6) is 0 Å². The van der Waals surface area contributed by atoms with Crippen LogP contribution in [0, 0.1) is 5.82 Å². The zero-order valence-corrected chi connectivity index (χ0v) is 13.9. The molecule has 0 fully saturated rings. The Hall–Kier alpha value is -3.33. The fourth-order valence-electron chi connectivity index (χ4n) is 2.36. The average molecular weight is 372 g/mol. The van der Waals surface area contributed by atoms with E-state index in [4.69, 9.17) is 11.6 Å². The number of hydrogen-bond donors (Lipinski definition) is 1. The van der Waals surface area contributed by atoms with Crippen LogP contribution in [-0.4, -0.2) is 35.3 Å². The molecular formula is C16H11ClFN7O. The Morgan fingerprint density at radius 1 is 1.23 bits per heavy atom. The number of rotatable bonds is 4. The van der Waals surface area contributed by atoms with Gasteiger partial charge in [-0.25, -0.2) is 23.6 Å². The molecule has 3 aromatic heterocycles. The van der Waals surface area contributed by atoms with Crippen LogP contribution in [0.25, 0.3) is 5.65 Å². The van der Waals surface area contributed by atoms with Crippen LogP contribution < -0.4 is 5.32 Å². The first-order valence-corrected chi connectivity index (χ1v) is 7.91. The van der Waals surface area contributed by atoms with Crippen molar-refractivity contribution in [3.63, 3.8) is 0 Å². The van der Waals surface area contributed by atoms with Crippen molar-refractivity contribution in [2.45, 2.75) is 6.54 Å². The number of nitrogens with one attached hydrogen (secondary N) is 1. The van der Waals surface area contributed by atoms with Gasteiger partial charge < -0.3 is 0 Å². The third-order valence-corrected chi connectivity index (χ3v) is 3.93. The highest BCUT2D eigenvalue weighted by molar-refractivity contribution is 6.31. The normalized spacial score (nSPS) is 11.0. The van der Waals surface area contributed by atoms with Crippen molar-refractivity contribution in [3.05, 3.63) is 71.2 Å². The molecule has 10 heteroatoms. The highest BCUT2D eigenvalue weighted by Crippen LogP contribution is 2.18. The molecule has 0 atom stereocenters. The predicted octanol–water partition coefficient (Wildman–Crippen LogP) is 2.41. The molecule has 0 aliphatic carbocycles. The van der Waals surface area contributed by atoms with Crippen molar-refractivity contribution in [1.29, 1.82) is 0 Å². The van der Waals surface area contributed by atoms with E-state index in [0.29, 0.717) is 22.8 Å². The monoisotopic (exact) mass is 371 g/mol. The van der Waals surface area contributed by atoms with Gasteiger partial charge in [-0.1, -0.05) is 17.7 Å². The molecule has 0 unspecified atom stereocenters. The number of carbonyl (C=O) groups is 1. The van der Waals surface area contributed by atoms with Gasteiger partial charge in [0.25, 0.3) is 5.91 Å². The molecule has 0 saturated carbocycles. The Morgan fingerprint density at radius 3 is 2.92 bits per heavy atom. The van der Waals surface area contributed by atoms with Crippen LogP contribution in [0.2, 0.25) is 5.02 Å². The number of hydrogen-bond acceptors (Lipinski definition) is 5. The predicted molar refractivity (Wildman–Crippen MR) is 91.5 cm³/mol. The minimum atomic E-state index is -0.451. The van der Waals surface area contributed by atoms with E-state index < -0.39 is 11.7 Å². The van der Waals surface area contributed by atoms with E-state index in [1.165, 1.54) is 27.7 Å². The van der Waals surface area contributed by atoms with Gasteiger partial charge >= 0.3 is 0 Å². The van der Waals surface area contributed by atoms with E-state index in [2.05, 4.69) is 25.5 Å². The van der Waals surface area contributed by atoms with Crippen molar-refractivity contribution >= 4 is 29.1 Å². The average Bonchev–Trinajstić information content (AvgIpc) is 3.24. The lowest BCUT2D eigenvalue weighted by molar-refractivity contribution is 0.102. The number of amides is 1. The topological polar surface area (TPSA) is 90.0 Å². The standard InChI is InChI=1S/C16H11ClFN7O/c17-12-6-11(18)3-2-10(12)8-24-9-20-16(23-24)21-15(26)13-7-14-19-4-1-5-25(14)22-13/h1-7,9H,8H2,(H,21,23,26). The van der Waals surface area contributed by atoms with Crippen LogP contribution in [-0.2, 0) is 6.54 Å². The molecule has 0 saturated heterocycles. The van der Waals surface area contributed by atoms with Crippen molar-refractivity contribution in [2.75, 3.05) is 5.32 Å². The Labute approximate surface area is 151 Å². The molecule has 0 radical (unpaired) electrons. The zero-order chi connectivity index (χ0) is 18.1. The molecular weight excluding hydrogens is 361 g/mol. The summed E-state index contributed by atoms with van der Waals surface area (Å²) in [5.41, 5.74) is 1.44.